The van der Waals surface area contributed by atoms with Gasteiger partial charge in [-0.1, -0.05) is 20.8 Å². The van der Waals surface area contributed by atoms with E-state index in [0.717, 1.165) is 25.4 Å². The van der Waals surface area contributed by atoms with Crippen LogP contribution in [0.2, 0.25) is 0 Å². The van der Waals surface area contributed by atoms with Gasteiger partial charge in [-0.05, 0) is 56.6 Å². The van der Waals surface area contributed by atoms with Crippen molar-refractivity contribution in [3.8, 4) is 5.75 Å². The van der Waals surface area contributed by atoms with E-state index in [-0.39, 0.29) is 24.1 Å². The maximum Gasteiger partial charge on any atom is 0.228 e. The topological polar surface area (TPSA) is 79.0 Å². The van der Waals surface area contributed by atoms with Crippen LogP contribution < -0.4 is 10.1 Å². The first-order valence-corrected chi connectivity index (χ1v) is 12.2. The van der Waals surface area contributed by atoms with Crippen LogP contribution in [-0.4, -0.2) is 68.6 Å². The fraction of sp³-hybridized carbons (Fsp3) is 0.667. The molecule has 1 fully saturated rings. The standard InChI is InChI=1S/C21H35N3O4S/c1-4-16-29(26,27)24-13-7-8-18(17-24)21(25)22-19-9-11-20(12-10-19)28-15-14-23(5-2)6-3/h9-12,18H,4-8,13-17H2,1-3H3,(H,22,25). The second-order valence-corrected chi connectivity index (χ2v) is 9.49. The third-order valence-corrected chi connectivity index (χ3v) is 7.35. The zero-order valence-corrected chi connectivity index (χ0v) is 18.7. The number of carbonyl (C=O) groups is 1. The van der Waals surface area contributed by atoms with Crippen molar-refractivity contribution < 1.29 is 17.9 Å². The van der Waals surface area contributed by atoms with Gasteiger partial charge in [-0.15, -0.1) is 0 Å². The molecule has 0 aromatic heterocycles. The summed E-state index contributed by atoms with van der Waals surface area (Å²) >= 11 is 0. The molecular weight excluding hydrogens is 390 g/mol. The van der Waals surface area contributed by atoms with Crippen molar-refractivity contribution in [2.24, 2.45) is 5.92 Å². The number of hydrogen-bond donors (Lipinski definition) is 1. The van der Waals surface area contributed by atoms with Crippen LogP contribution >= 0.6 is 0 Å². The first-order valence-electron chi connectivity index (χ1n) is 10.6. The molecule has 1 saturated heterocycles. The molecule has 7 nitrogen and oxygen atoms in total. The Kier molecular flexibility index (Phi) is 9.39. The summed E-state index contributed by atoms with van der Waals surface area (Å²) in [6.07, 6.45) is 2.00. The van der Waals surface area contributed by atoms with Crippen molar-refractivity contribution in [2.45, 2.75) is 40.0 Å². The summed E-state index contributed by atoms with van der Waals surface area (Å²) in [6.45, 7) is 10.4. The van der Waals surface area contributed by atoms with Gasteiger partial charge in [0.1, 0.15) is 12.4 Å². The SMILES string of the molecule is CCCS(=O)(=O)N1CCCC(C(=O)Nc2ccc(OCCN(CC)CC)cc2)C1. The Morgan fingerprint density at radius 3 is 2.52 bits per heavy atom. The number of rotatable bonds is 11. The van der Waals surface area contributed by atoms with Crippen LogP contribution in [0.25, 0.3) is 0 Å². The quantitative estimate of drug-likeness (QED) is 0.590. The number of nitrogens with one attached hydrogen (secondary N) is 1. The highest BCUT2D eigenvalue weighted by Gasteiger charge is 2.31. The molecule has 1 N–H and O–H groups in total. The molecule has 0 spiro atoms. The molecule has 1 atom stereocenters. The van der Waals surface area contributed by atoms with Gasteiger partial charge in [-0.2, -0.15) is 0 Å². The number of nitrogens with zero attached hydrogens (tertiary/aromatic N) is 2. The summed E-state index contributed by atoms with van der Waals surface area (Å²) in [5, 5.41) is 2.91. The van der Waals surface area contributed by atoms with E-state index in [1.807, 2.05) is 31.2 Å². The number of benzene rings is 1. The predicted molar refractivity (Wildman–Crippen MR) is 117 cm³/mol. The van der Waals surface area contributed by atoms with Crippen LogP contribution in [0.1, 0.15) is 40.0 Å². The fourth-order valence-electron chi connectivity index (χ4n) is 3.51. The Labute approximate surface area is 175 Å². The fourth-order valence-corrected chi connectivity index (χ4v) is 5.10. The first kappa shape index (κ1) is 23.6. The lowest BCUT2D eigenvalue weighted by Gasteiger charge is -2.31. The lowest BCUT2D eigenvalue weighted by molar-refractivity contribution is -0.120. The summed E-state index contributed by atoms with van der Waals surface area (Å²) in [5.74, 6) is 0.457. The van der Waals surface area contributed by atoms with E-state index in [9.17, 15) is 13.2 Å². The van der Waals surface area contributed by atoms with Gasteiger partial charge in [0.05, 0.1) is 11.7 Å². The van der Waals surface area contributed by atoms with Crippen LogP contribution in [0.4, 0.5) is 5.69 Å². The van der Waals surface area contributed by atoms with Gasteiger partial charge in [0.15, 0.2) is 0 Å². The van der Waals surface area contributed by atoms with Gasteiger partial charge in [0.25, 0.3) is 0 Å². The van der Waals surface area contributed by atoms with E-state index in [1.165, 1.54) is 4.31 Å². The van der Waals surface area contributed by atoms with E-state index in [2.05, 4.69) is 24.1 Å². The molecule has 0 bridgehead atoms. The second-order valence-electron chi connectivity index (χ2n) is 7.40. The second kappa shape index (κ2) is 11.5. The summed E-state index contributed by atoms with van der Waals surface area (Å²) in [5.41, 5.74) is 0.694. The zero-order chi connectivity index (χ0) is 21.3. The van der Waals surface area contributed by atoms with Crippen LogP contribution in [0.5, 0.6) is 5.75 Å². The van der Waals surface area contributed by atoms with Crippen LogP contribution in [0.15, 0.2) is 24.3 Å². The summed E-state index contributed by atoms with van der Waals surface area (Å²) in [6, 6.07) is 7.32. The Hall–Kier alpha value is -1.64. The molecule has 0 radical (unpaired) electrons. The predicted octanol–water partition coefficient (Wildman–Crippen LogP) is 2.80. The monoisotopic (exact) mass is 425 g/mol. The zero-order valence-electron chi connectivity index (χ0n) is 17.9. The van der Waals surface area contributed by atoms with Crippen molar-refractivity contribution in [2.75, 3.05) is 50.4 Å². The number of piperidine rings is 1. The van der Waals surface area contributed by atoms with Crippen molar-refractivity contribution in [1.82, 2.24) is 9.21 Å². The van der Waals surface area contributed by atoms with Gasteiger partial charge in [-0.3, -0.25) is 4.79 Å². The molecule has 1 aliphatic heterocycles. The maximum atomic E-state index is 12.6. The number of hydrogen-bond acceptors (Lipinski definition) is 5. The molecule has 1 amide bonds. The average Bonchev–Trinajstić information content (AvgIpc) is 2.72. The molecule has 0 aliphatic carbocycles. The Bertz CT molecular complexity index is 733. The van der Waals surface area contributed by atoms with E-state index < -0.39 is 10.0 Å². The molecule has 2 rings (SSSR count). The Balaban J connectivity index is 1.85. The molecule has 29 heavy (non-hydrogen) atoms. The number of anilines is 1. The molecule has 1 aliphatic rings. The van der Waals surface area contributed by atoms with Crippen LogP contribution in [0, 0.1) is 5.92 Å². The van der Waals surface area contributed by atoms with Gasteiger partial charge < -0.3 is 15.0 Å². The van der Waals surface area contributed by atoms with Crippen molar-refractivity contribution in [3.05, 3.63) is 24.3 Å². The largest absolute Gasteiger partial charge is 0.492 e. The normalized spacial score (nSPS) is 18.0. The third kappa shape index (κ3) is 7.28. The van der Waals surface area contributed by atoms with Gasteiger partial charge in [0, 0.05) is 25.3 Å². The Morgan fingerprint density at radius 1 is 1.21 bits per heavy atom. The molecule has 1 aromatic carbocycles. The number of amides is 1. The number of carbonyl (C=O) groups excluding carboxylic acids is 1. The minimum absolute atomic E-state index is 0.128. The minimum atomic E-state index is -3.26. The van der Waals surface area contributed by atoms with Crippen molar-refractivity contribution in [3.63, 3.8) is 0 Å². The number of sulfonamides is 1. The van der Waals surface area contributed by atoms with Gasteiger partial charge >= 0.3 is 0 Å². The van der Waals surface area contributed by atoms with E-state index in [0.29, 0.717) is 38.1 Å². The van der Waals surface area contributed by atoms with Crippen LogP contribution in [0.3, 0.4) is 0 Å². The van der Waals surface area contributed by atoms with Crippen molar-refractivity contribution in [1.29, 1.82) is 0 Å². The molecule has 8 heteroatoms. The third-order valence-electron chi connectivity index (χ3n) is 5.30. The van der Waals surface area contributed by atoms with Crippen molar-refractivity contribution >= 4 is 21.6 Å². The molecule has 1 unspecified atom stereocenters. The number of ether oxygens (including phenoxy) is 1. The molecule has 1 aromatic rings. The highest BCUT2D eigenvalue weighted by atomic mass is 32.2. The van der Waals surface area contributed by atoms with E-state index >= 15 is 0 Å². The van der Waals surface area contributed by atoms with E-state index in [4.69, 9.17) is 4.74 Å². The van der Waals surface area contributed by atoms with Gasteiger partial charge in [-0.25, -0.2) is 12.7 Å². The summed E-state index contributed by atoms with van der Waals surface area (Å²) in [7, 11) is -3.26. The highest BCUT2D eigenvalue weighted by molar-refractivity contribution is 7.89. The summed E-state index contributed by atoms with van der Waals surface area (Å²) < 4.78 is 31.8. The maximum absolute atomic E-state index is 12.6. The summed E-state index contributed by atoms with van der Waals surface area (Å²) in [4.78, 5) is 14.9. The smallest absolute Gasteiger partial charge is 0.228 e. The van der Waals surface area contributed by atoms with Gasteiger partial charge in [0.2, 0.25) is 15.9 Å². The number of likely N-dealkylation sites (N-methyl/N-ethyl adjacent to an activating group) is 1. The Morgan fingerprint density at radius 2 is 1.90 bits per heavy atom. The highest BCUT2D eigenvalue weighted by Crippen LogP contribution is 2.22. The van der Waals surface area contributed by atoms with E-state index in [1.54, 1.807) is 0 Å². The molecule has 164 valence electrons. The lowest BCUT2D eigenvalue weighted by Crippen LogP contribution is -2.44. The van der Waals surface area contributed by atoms with Crippen LogP contribution in [-0.2, 0) is 14.8 Å². The first-order chi connectivity index (χ1) is 13.9. The lowest BCUT2D eigenvalue weighted by atomic mass is 9.99. The molecular formula is C21H35N3O4S. The average molecular weight is 426 g/mol. The molecule has 1 heterocycles. The minimum Gasteiger partial charge on any atom is -0.492 e. The molecule has 0 saturated carbocycles.